The molecule has 0 aliphatic rings. The van der Waals surface area contributed by atoms with E-state index in [9.17, 15) is 14.0 Å². The van der Waals surface area contributed by atoms with Crippen LogP contribution in [0.5, 0.6) is 5.75 Å². The van der Waals surface area contributed by atoms with Gasteiger partial charge in [0.1, 0.15) is 11.6 Å². The summed E-state index contributed by atoms with van der Waals surface area (Å²) in [6.07, 6.45) is 0. The molecule has 0 saturated carbocycles. The second-order valence-corrected chi connectivity index (χ2v) is 6.27. The lowest BCUT2D eigenvalue weighted by Gasteiger charge is -2.15. The van der Waals surface area contributed by atoms with E-state index in [-0.39, 0.29) is 11.4 Å². The third-order valence-corrected chi connectivity index (χ3v) is 4.42. The van der Waals surface area contributed by atoms with Crippen LogP contribution in [0.2, 0.25) is 0 Å². The average Bonchev–Trinajstić information content (AvgIpc) is 2.76. The predicted octanol–water partition coefficient (Wildman–Crippen LogP) is 3.60. The maximum Gasteiger partial charge on any atom is 0.280 e. The lowest BCUT2D eigenvalue weighted by Crippen LogP contribution is -2.35. The smallest absolute Gasteiger partial charge is 0.280 e. The van der Waals surface area contributed by atoms with Gasteiger partial charge in [0, 0.05) is 11.1 Å². The Kier molecular flexibility index (Phi) is 4.78. The highest BCUT2D eigenvalue weighted by Crippen LogP contribution is 2.23. The van der Waals surface area contributed by atoms with Gasteiger partial charge >= 0.3 is 0 Å². The standard InChI is InChI=1S/C22H16FN3O3/c1-29-17-6-4-5-15(13-17)20-24-19-8-3-2-7-18(19)22(28)26(20)25-21(27)14-9-11-16(23)12-10-14/h2-13H,1H3,(H,25,27). The summed E-state index contributed by atoms with van der Waals surface area (Å²) in [6, 6.07) is 18.9. The minimum absolute atomic E-state index is 0.211. The zero-order valence-corrected chi connectivity index (χ0v) is 15.4. The van der Waals surface area contributed by atoms with Crippen LogP contribution < -0.4 is 15.7 Å². The Bertz CT molecular complexity index is 1270. The molecule has 1 heterocycles. The van der Waals surface area contributed by atoms with Gasteiger partial charge in [-0.2, -0.15) is 4.68 Å². The van der Waals surface area contributed by atoms with Gasteiger partial charge < -0.3 is 4.74 Å². The second kappa shape index (κ2) is 7.55. The monoisotopic (exact) mass is 389 g/mol. The fourth-order valence-corrected chi connectivity index (χ4v) is 2.96. The first-order valence-electron chi connectivity index (χ1n) is 8.80. The number of benzene rings is 3. The van der Waals surface area contributed by atoms with Crippen molar-refractivity contribution in [2.24, 2.45) is 0 Å². The fraction of sp³-hybridized carbons (Fsp3) is 0.0455. The molecule has 1 amide bonds. The summed E-state index contributed by atoms with van der Waals surface area (Å²) in [5.74, 6) is -0.180. The molecule has 6 nitrogen and oxygen atoms in total. The topological polar surface area (TPSA) is 73.2 Å². The fourth-order valence-electron chi connectivity index (χ4n) is 2.96. The Morgan fingerprint density at radius 1 is 1.03 bits per heavy atom. The molecule has 0 bridgehead atoms. The van der Waals surface area contributed by atoms with Gasteiger partial charge in [-0.3, -0.25) is 15.0 Å². The highest BCUT2D eigenvalue weighted by Gasteiger charge is 2.16. The number of aromatic nitrogens is 2. The normalized spacial score (nSPS) is 10.7. The van der Waals surface area contributed by atoms with Crippen molar-refractivity contribution in [2.75, 3.05) is 12.5 Å². The molecule has 144 valence electrons. The summed E-state index contributed by atoms with van der Waals surface area (Å²) in [5, 5.41) is 0.360. The molecule has 1 aromatic heterocycles. The summed E-state index contributed by atoms with van der Waals surface area (Å²) in [6.45, 7) is 0. The van der Waals surface area contributed by atoms with Crippen LogP contribution in [0.25, 0.3) is 22.3 Å². The molecular formula is C22H16FN3O3. The van der Waals surface area contributed by atoms with Gasteiger partial charge in [0.15, 0.2) is 5.82 Å². The number of carbonyl (C=O) groups excluding carboxylic acids is 1. The third kappa shape index (κ3) is 3.58. The van der Waals surface area contributed by atoms with E-state index in [1.807, 2.05) is 0 Å². The van der Waals surface area contributed by atoms with Crippen LogP contribution in [-0.2, 0) is 0 Å². The molecule has 4 aromatic rings. The van der Waals surface area contributed by atoms with Crippen molar-refractivity contribution in [2.45, 2.75) is 0 Å². The van der Waals surface area contributed by atoms with Crippen LogP contribution in [0, 0.1) is 5.82 Å². The molecular weight excluding hydrogens is 373 g/mol. The average molecular weight is 389 g/mol. The molecule has 0 saturated heterocycles. The number of amides is 1. The number of rotatable bonds is 4. The summed E-state index contributed by atoms with van der Waals surface area (Å²) in [4.78, 5) is 30.4. The van der Waals surface area contributed by atoms with Crippen LogP contribution in [0.15, 0.2) is 77.6 Å². The van der Waals surface area contributed by atoms with E-state index < -0.39 is 17.3 Å². The SMILES string of the molecule is COc1cccc(-c2nc3ccccc3c(=O)n2NC(=O)c2ccc(F)cc2)c1. The summed E-state index contributed by atoms with van der Waals surface area (Å²) in [5.41, 5.74) is 3.46. The van der Waals surface area contributed by atoms with Gasteiger partial charge in [-0.25, -0.2) is 9.37 Å². The van der Waals surface area contributed by atoms with E-state index in [0.29, 0.717) is 22.2 Å². The summed E-state index contributed by atoms with van der Waals surface area (Å²) < 4.78 is 19.5. The van der Waals surface area contributed by atoms with E-state index in [2.05, 4.69) is 10.4 Å². The Labute approximate surface area is 165 Å². The number of nitrogens with zero attached hydrogens (tertiary/aromatic N) is 2. The van der Waals surface area contributed by atoms with Crippen molar-refractivity contribution < 1.29 is 13.9 Å². The van der Waals surface area contributed by atoms with Gasteiger partial charge in [0.05, 0.1) is 18.0 Å². The second-order valence-electron chi connectivity index (χ2n) is 6.27. The van der Waals surface area contributed by atoms with Crippen molar-refractivity contribution in [1.29, 1.82) is 0 Å². The number of methoxy groups -OCH3 is 1. The van der Waals surface area contributed by atoms with Crippen LogP contribution in [-0.4, -0.2) is 22.7 Å². The third-order valence-electron chi connectivity index (χ3n) is 4.42. The maximum absolute atomic E-state index is 13.2. The molecule has 4 rings (SSSR count). The zero-order chi connectivity index (χ0) is 20.4. The molecule has 0 spiro atoms. The number of halogens is 1. The summed E-state index contributed by atoms with van der Waals surface area (Å²) >= 11 is 0. The van der Waals surface area contributed by atoms with E-state index in [1.165, 1.54) is 31.4 Å². The highest BCUT2D eigenvalue weighted by atomic mass is 19.1. The molecule has 0 aliphatic carbocycles. The minimum Gasteiger partial charge on any atom is -0.497 e. The number of para-hydroxylation sites is 1. The van der Waals surface area contributed by atoms with E-state index >= 15 is 0 Å². The van der Waals surface area contributed by atoms with Gasteiger partial charge in [-0.1, -0.05) is 24.3 Å². The molecule has 0 fully saturated rings. The molecule has 7 heteroatoms. The number of ether oxygens (including phenoxy) is 1. The van der Waals surface area contributed by atoms with Crippen LogP contribution in [0.3, 0.4) is 0 Å². The number of carbonyl (C=O) groups is 1. The first-order chi connectivity index (χ1) is 14.1. The predicted molar refractivity (Wildman–Crippen MR) is 108 cm³/mol. The number of fused-ring (bicyclic) bond motifs is 1. The van der Waals surface area contributed by atoms with Crippen molar-refractivity contribution >= 4 is 16.8 Å². The van der Waals surface area contributed by atoms with Gasteiger partial charge in [0.25, 0.3) is 11.5 Å². The van der Waals surface area contributed by atoms with Gasteiger partial charge in [-0.15, -0.1) is 0 Å². The van der Waals surface area contributed by atoms with Crippen LogP contribution >= 0.6 is 0 Å². The van der Waals surface area contributed by atoms with Gasteiger partial charge in [0.2, 0.25) is 0 Å². The quantitative estimate of drug-likeness (QED) is 0.579. The molecule has 0 radical (unpaired) electrons. The van der Waals surface area contributed by atoms with Crippen molar-refractivity contribution in [3.63, 3.8) is 0 Å². The van der Waals surface area contributed by atoms with Crippen LogP contribution in [0.1, 0.15) is 10.4 Å². The molecule has 1 N–H and O–H groups in total. The number of nitrogens with one attached hydrogen (secondary N) is 1. The largest absolute Gasteiger partial charge is 0.497 e. The Hall–Kier alpha value is -4.00. The number of hydrogen-bond donors (Lipinski definition) is 1. The van der Waals surface area contributed by atoms with Crippen molar-refractivity contribution in [3.05, 3.63) is 94.5 Å². The Morgan fingerprint density at radius 3 is 2.55 bits per heavy atom. The zero-order valence-electron chi connectivity index (χ0n) is 15.4. The van der Waals surface area contributed by atoms with Crippen molar-refractivity contribution in [3.8, 4) is 17.1 Å². The van der Waals surface area contributed by atoms with Crippen LogP contribution in [0.4, 0.5) is 4.39 Å². The number of hydrogen-bond acceptors (Lipinski definition) is 4. The first-order valence-corrected chi connectivity index (χ1v) is 8.80. The van der Waals surface area contributed by atoms with Gasteiger partial charge in [-0.05, 0) is 48.5 Å². The first kappa shape index (κ1) is 18.4. The van der Waals surface area contributed by atoms with E-state index in [0.717, 1.165) is 4.68 Å². The highest BCUT2D eigenvalue weighted by molar-refractivity contribution is 6.00. The molecule has 3 aromatic carbocycles. The lowest BCUT2D eigenvalue weighted by atomic mass is 10.1. The van der Waals surface area contributed by atoms with Crippen molar-refractivity contribution in [1.82, 2.24) is 9.66 Å². The summed E-state index contributed by atoms with van der Waals surface area (Å²) in [7, 11) is 1.54. The molecule has 29 heavy (non-hydrogen) atoms. The lowest BCUT2D eigenvalue weighted by molar-refractivity contribution is 0.101. The Morgan fingerprint density at radius 2 is 1.79 bits per heavy atom. The minimum atomic E-state index is -0.562. The maximum atomic E-state index is 13.2. The van der Waals surface area contributed by atoms with E-state index in [4.69, 9.17) is 4.74 Å². The molecule has 0 aliphatic heterocycles. The molecule has 0 unspecified atom stereocenters. The van der Waals surface area contributed by atoms with E-state index in [1.54, 1.807) is 48.5 Å². The Balaban J connectivity index is 1.88. The molecule has 0 atom stereocenters.